The molecule has 2 heterocycles. The van der Waals surface area contributed by atoms with E-state index in [0.717, 1.165) is 0 Å². The molecule has 16 heavy (non-hydrogen) atoms. The monoisotopic (exact) mass is 219 g/mol. The van der Waals surface area contributed by atoms with E-state index in [2.05, 4.69) is 0 Å². The number of nitrogens with zero attached hydrogens (tertiary/aromatic N) is 1. The third-order valence-corrected chi connectivity index (χ3v) is 2.97. The van der Waals surface area contributed by atoms with E-state index >= 15 is 0 Å². The van der Waals surface area contributed by atoms with Gasteiger partial charge in [-0.05, 0) is 19.1 Å². The summed E-state index contributed by atoms with van der Waals surface area (Å²) in [4.78, 5) is 11.6. The number of ether oxygens (including phenoxy) is 1. The highest BCUT2D eigenvalue weighted by atomic mass is 19.1. The molecule has 0 saturated heterocycles. The van der Waals surface area contributed by atoms with E-state index in [4.69, 9.17) is 4.74 Å². The first kappa shape index (κ1) is 9.39. The lowest BCUT2D eigenvalue weighted by molar-refractivity contribution is 0.0168. The predicted octanol–water partition coefficient (Wildman–Crippen LogP) is 2.25. The minimum Gasteiger partial charge on any atom is -0.456 e. The smallest absolute Gasteiger partial charge is 0.258 e. The number of benzene rings is 1. The number of aromatic nitrogens is 1. The van der Waals surface area contributed by atoms with Crippen LogP contribution in [-0.4, -0.2) is 10.9 Å². The molecule has 0 saturated carbocycles. The van der Waals surface area contributed by atoms with Crippen molar-refractivity contribution in [3.63, 3.8) is 0 Å². The van der Waals surface area contributed by atoms with Crippen LogP contribution < -0.4 is 10.2 Å². The Bertz CT molecular complexity index is 620. The molecule has 0 N–H and O–H groups in total. The molecular weight excluding hydrogens is 209 g/mol. The largest absolute Gasteiger partial charge is 0.456 e. The van der Waals surface area contributed by atoms with Gasteiger partial charge in [0.2, 0.25) is 0 Å². The molecule has 1 aromatic carbocycles. The van der Waals surface area contributed by atoms with Crippen LogP contribution in [0.25, 0.3) is 10.9 Å². The number of alkyl halides is 1. The van der Waals surface area contributed by atoms with Crippen molar-refractivity contribution in [1.29, 1.82) is 0 Å². The molecule has 0 amide bonds. The minimum absolute atomic E-state index is 0.0683. The Labute approximate surface area is 91.1 Å². The molecule has 0 spiro atoms. The van der Waals surface area contributed by atoms with Gasteiger partial charge in [0.1, 0.15) is 5.75 Å². The first-order valence-electron chi connectivity index (χ1n) is 5.13. The van der Waals surface area contributed by atoms with Gasteiger partial charge in [-0.1, -0.05) is 6.07 Å². The molecule has 2 aromatic rings. The molecule has 1 unspecified atom stereocenters. The average Bonchev–Trinajstić information content (AvgIpc) is 2.28. The third kappa shape index (κ3) is 1.10. The SMILES string of the molecule is C[C@H]1C(F)Oc2cccc3c(=O)ccn1c23. The van der Waals surface area contributed by atoms with Crippen molar-refractivity contribution in [3.05, 3.63) is 40.7 Å². The molecule has 3 rings (SSSR count). The highest BCUT2D eigenvalue weighted by molar-refractivity contribution is 5.85. The lowest BCUT2D eigenvalue weighted by Crippen LogP contribution is -2.29. The normalized spacial score (nSPS) is 23.1. The van der Waals surface area contributed by atoms with Gasteiger partial charge >= 0.3 is 0 Å². The van der Waals surface area contributed by atoms with Gasteiger partial charge in [0.15, 0.2) is 5.43 Å². The summed E-state index contributed by atoms with van der Waals surface area (Å²) < 4.78 is 20.5. The number of hydrogen-bond donors (Lipinski definition) is 0. The van der Waals surface area contributed by atoms with Crippen LogP contribution in [0.3, 0.4) is 0 Å². The second-order valence-corrected chi connectivity index (χ2v) is 3.95. The van der Waals surface area contributed by atoms with E-state index in [-0.39, 0.29) is 5.43 Å². The fraction of sp³-hybridized carbons (Fsp3) is 0.250. The maximum atomic E-state index is 13.6. The van der Waals surface area contributed by atoms with Gasteiger partial charge in [0.25, 0.3) is 6.36 Å². The van der Waals surface area contributed by atoms with Crippen molar-refractivity contribution < 1.29 is 9.13 Å². The zero-order valence-corrected chi connectivity index (χ0v) is 8.68. The van der Waals surface area contributed by atoms with Gasteiger partial charge in [-0.3, -0.25) is 4.79 Å². The van der Waals surface area contributed by atoms with Crippen LogP contribution in [0.5, 0.6) is 5.75 Å². The minimum atomic E-state index is -1.37. The Morgan fingerprint density at radius 2 is 2.19 bits per heavy atom. The maximum Gasteiger partial charge on any atom is 0.258 e. The Balaban J connectivity index is 2.48. The van der Waals surface area contributed by atoms with Crippen molar-refractivity contribution in [3.8, 4) is 5.75 Å². The highest BCUT2D eigenvalue weighted by Crippen LogP contribution is 2.34. The zero-order valence-electron chi connectivity index (χ0n) is 8.68. The van der Waals surface area contributed by atoms with E-state index < -0.39 is 12.4 Å². The van der Waals surface area contributed by atoms with Gasteiger partial charge in [-0.15, -0.1) is 0 Å². The standard InChI is InChI=1S/C12H10FNO2/c1-7-12(13)16-10-4-2-3-8-9(15)5-6-14(7)11(8)10/h2-7,12H,1H3/t7-,12?/m0/s1. The molecule has 3 nitrogen and oxygen atoms in total. The topological polar surface area (TPSA) is 31.2 Å². The zero-order chi connectivity index (χ0) is 11.3. The first-order valence-corrected chi connectivity index (χ1v) is 5.13. The van der Waals surface area contributed by atoms with Crippen LogP contribution in [0.4, 0.5) is 4.39 Å². The number of pyridine rings is 1. The number of hydrogen-bond acceptors (Lipinski definition) is 2. The molecule has 1 aliphatic rings. The Kier molecular flexibility index (Phi) is 1.80. The fourth-order valence-corrected chi connectivity index (χ4v) is 2.08. The number of halogens is 1. The van der Waals surface area contributed by atoms with E-state index in [1.165, 1.54) is 6.07 Å². The summed E-state index contributed by atoms with van der Waals surface area (Å²) in [5.41, 5.74) is 0.609. The number of rotatable bonds is 0. The molecule has 82 valence electrons. The third-order valence-electron chi connectivity index (χ3n) is 2.97. The molecule has 0 radical (unpaired) electrons. The second-order valence-electron chi connectivity index (χ2n) is 3.95. The van der Waals surface area contributed by atoms with Crippen LogP contribution in [0.2, 0.25) is 0 Å². The van der Waals surface area contributed by atoms with Gasteiger partial charge in [-0.2, -0.15) is 4.39 Å². The summed E-state index contributed by atoms with van der Waals surface area (Å²) in [5.74, 6) is 0.431. The van der Waals surface area contributed by atoms with Gasteiger partial charge in [0.05, 0.1) is 11.6 Å². The summed E-state index contributed by atoms with van der Waals surface area (Å²) in [7, 11) is 0. The summed E-state index contributed by atoms with van der Waals surface area (Å²) >= 11 is 0. The summed E-state index contributed by atoms with van der Waals surface area (Å²) in [6.45, 7) is 1.73. The number of para-hydroxylation sites is 1. The molecule has 2 atom stereocenters. The summed E-state index contributed by atoms with van der Waals surface area (Å²) in [6.07, 6.45) is 0.245. The highest BCUT2D eigenvalue weighted by Gasteiger charge is 2.27. The lowest BCUT2D eigenvalue weighted by Gasteiger charge is -2.28. The average molecular weight is 219 g/mol. The lowest BCUT2D eigenvalue weighted by atomic mass is 10.1. The van der Waals surface area contributed by atoms with Crippen LogP contribution in [0.15, 0.2) is 35.3 Å². The van der Waals surface area contributed by atoms with Crippen molar-refractivity contribution in [2.75, 3.05) is 0 Å². The first-order chi connectivity index (χ1) is 7.68. The van der Waals surface area contributed by atoms with Crippen molar-refractivity contribution in [2.45, 2.75) is 19.3 Å². The van der Waals surface area contributed by atoms with Crippen LogP contribution in [-0.2, 0) is 0 Å². The van der Waals surface area contributed by atoms with E-state index in [9.17, 15) is 9.18 Å². The quantitative estimate of drug-likeness (QED) is 0.680. The molecule has 0 bridgehead atoms. The summed E-state index contributed by atoms with van der Waals surface area (Å²) in [5, 5.41) is 0.568. The van der Waals surface area contributed by atoms with Crippen molar-refractivity contribution in [1.82, 2.24) is 4.57 Å². The Morgan fingerprint density at radius 1 is 1.38 bits per heavy atom. The van der Waals surface area contributed by atoms with Crippen LogP contribution in [0.1, 0.15) is 13.0 Å². The molecular formula is C12H10FNO2. The fourth-order valence-electron chi connectivity index (χ4n) is 2.08. The Hall–Kier alpha value is -1.84. The molecule has 0 aliphatic carbocycles. The van der Waals surface area contributed by atoms with Gasteiger partial charge in [0, 0.05) is 17.6 Å². The van der Waals surface area contributed by atoms with Crippen LogP contribution >= 0.6 is 0 Å². The summed E-state index contributed by atoms with van der Waals surface area (Å²) in [6, 6.07) is 6.15. The maximum absolute atomic E-state index is 13.6. The van der Waals surface area contributed by atoms with E-state index in [1.54, 1.807) is 35.9 Å². The van der Waals surface area contributed by atoms with E-state index in [0.29, 0.717) is 16.7 Å². The molecule has 4 heteroatoms. The van der Waals surface area contributed by atoms with Crippen molar-refractivity contribution >= 4 is 10.9 Å². The van der Waals surface area contributed by atoms with E-state index in [1.807, 2.05) is 0 Å². The predicted molar refractivity (Wildman–Crippen MR) is 58.4 cm³/mol. The Morgan fingerprint density at radius 3 is 3.00 bits per heavy atom. The van der Waals surface area contributed by atoms with Gasteiger partial charge in [-0.25, -0.2) is 0 Å². The van der Waals surface area contributed by atoms with Crippen molar-refractivity contribution in [2.24, 2.45) is 0 Å². The van der Waals surface area contributed by atoms with Gasteiger partial charge < -0.3 is 9.30 Å². The molecule has 1 aromatic heterocycles. The molecule has 0 fully saturated rings. The molecule has 1 aliphatic heterocycles. The second kappa shape index (κ2) is 3.07. The van der Waals surface area contributed by atoms with Crippen LogP contribution in [0, 0.1) is 0 Å².